The lowest BCUT2D eigenvalue weighted by Crippen LogP contribution is -2.43. The molecule has 0 amide bonds. The number of benzene rings is 1. The van der Waals surface area contributed by atoms with Crippen LogP contribution in [0.3, 0.4) is 0 Å². The van der Waals surface area contributed by atoms with Crippen LogP contribution in [0.4, 0.5) is 8.78 Å². The lowest BCUT2D eigenvalue weighted by molar-refractivity contribution is -0.0841. The molecule has 0 heterocycles. The van der Waals surface area contributed by atoms with E-state index >= 15 is 0 Å². The summed E-state index contributed by atoms with van der Waals surface area (Å²) < 4.78 is 33.6. The van der Waals surface area contributed by atoms with Gasteiger partial charge in [0.15, 0.2) is 0 Å². The van der Waals surface area contributed by atoms with E-state index in [9.17, 15) is 8.78 Å². The van der Waals surface area contributed by atoms with Gasteiger partial charge in [-0.3, -0.25) is 0 Å². The molecule has 0 saturated heterocycles. The van der Waals surface area contributed by atoms with Crippen molar-refractivity contribution in [1.29, 1.82) is 0 Å². The molecule has 1 unspecified atom stereocenters. The number of halogens is 2. The highest BCUT2D eigenvalue weighted by Crippen LogP contribution is 2.42. The Kier molecular flexibility index (Phi) is 5.11. The van der Waals surface area contributed by atoms with E-state index in [1.807, 2.05) is 6.92 Å². The van der Waals surface area contributed by atoms with Crippen LogP contribution >= 0.6 is 0 Å². The van der Waals surface area contributed by atoms with Crippen LogP contribution in [0.15, 0.2) is 18.2 Å². The first-order valence-corrected chi connectivity index (χ1v) is 7.34. The maximum absolute atomic E-state index is 14.0. The number of hydrogen-bond donors (Lipinski definition) is 1. The second-order valence-corrected chi connectivity index (χ2v) is 5.59. The number of hydrogen-bond acceptors (Lipinski definition) is 2. The number of ether oxygens (including phenoxy) is 1. The maximum Gasteiger partial charge on any atom is 0.130 e. The molecule has 1 aliphatic rings. The first-order valence-electron chi connectivity index (χ1n) is 7.34. The monoisotopic (exact) mass is 283 g/mol. The quantitative estimate of drug-likeness (QED) is 0.817. The molecule has 2 rings (SSSR count). The fourth-order valence-electron chi connectivity index (χ4n) is 2.87. The van der Waals surface area contributed by atoms with Crippen LogP contribution in [0, 0.1) is 11.6 Å². The van der Waals surface area contributed by atoms with Crippen LogP contribution in [0.5, 0.6) is 0 Å². The molecule has 4 heteroatoms. The Labute approximate surface area is 119 Å². The molecule has 1 N–H and O–H groups in total. The third-order valence-electron chi connectivity index (χ3n) is 4.26. The summed E-state index contributed by atoms with van der Waals surface area (Å²) in [4.78, 5) is 0. The molecule has 1 aromatic carbocycles. The van der Waals surface area contributed by atoms with Gasteiger partial charge in [0.2, 0.25) is 0 Å². The molecule has 20 heavy (non-hydrogen) atoms. The van der Waals surface area contributed by atoms with Gasteiger partial charge in [0.1, 0.15) is 11.6 Å². The van der Waals surface area contributed by atoms with Crippen molar-refractivity contribution < 1.29 is 13.5 Å². The first-order chi connectivity index (χ1) is 9.62. The van der Waals surface area contributed by atoms with Crippen molar-refractivity contribution in [3.63, 3.8) is 0 Å². The minimum atomic E-state index is -0.482. The molecular weight excluding hydrogens is 260 g/mol. The van der Waals surface area contributed by atoms with Gasteiger partial charge < -0.3 is 10.1 Å². The van der Waals surface area contributed by atoms with E-state index in [2.05, 4.69) is 5.32 Å². The number of rotatable bonds is 7. The molecule has 112 valence electrons. The van der Waals surface area contributed by atoms with Gasteiger partial charge in [0.05, 0.1) is 5.60 Å². The summed E-state index contributed by atoms with van der Waals surface area (Å²) in [7, 11) is 1.69. The van der Waals surface area contributed by atoms with Crippen molar-refractivity contribution in [2.45, 2.75) is 50.7 Å². The van der Waals surface area contributed by atoms with Crippen molar-refractivity contribution in [1.82, 2.24) is 5.32 Å². The second kappa shape index (κ2) is 6.64. The smallest absolute Gasteiger partial charge is 0.130 e. The molecule has 0 aromatic heterocycles. The second-order valence-electron chi connectivity index (χ2n) is 5.59. The SMILES string of the molecule is CCCNC(CC1(OC)CCC1)c1c(F)cccc1F. The number of methoxy groups -OCH3 is 1. The third-order valence-corrected chi connectivity index (χ3v) is 4.26. The Bertz CT molecular complexity index is 420. The van der Waals surface area contributed by atoms with Crippen LogP contribution in [0.2, 0.25) is 0 Å². The van der Waals surface area contributed by atoms with Crippen LogP contribution in [0.1, 0.15) is 50.6 Å². The van der Waals surface area contributed by atoms with Crippen LogP contribution in [0.25, 0.3) is 0 Å². The number of nitrogens with one attached hydrogen (secondary N) is 1. The normalized spacial score (nSPS) is 18.6. The van der Waals surface area contributed by atoms with Crippen molar-refractivity contribution in [3.05, 3.63) is 35.4 Å². The maximum atomic E-state index is 14.0. The van der Waals surface area contributed by atoms with E-state index in [-0.39, 0.29) is 17.2 Å². The zero-order valence-corrected chi connectivity index (χ0v) is 12.2. The topological polar surface area (TPSA) is 21.3 Å². The van der Waals surface area contributed by atoms with Crippen molar-refractivity contribution >= 4 is 0 Å². The van der Waals surface area contributed by atoms with Gasteiger partial charge in [-0.2, -0.15) is 0 Å². The van der Waals surface area contributed by atoms with Gasteiger partial charge in [-0.05, 0) is 50.8 Å². The summed E-state index contributed by atoms with van der Waals surface area (Å²) in [5.41, 5.74) is -0.0792. The van der Waals surface area contributed by atoms with Gasteiger partial charge in [0.25, 0.3) is 0 Å². The molecule has 0 aliphatic heterocycles. The standard InChI is InChI=1S/C16H23F2NO/c1-3-10-19-14(11-16(20-2)8-5-9-16)15-12(17)6-4-7-13(15)18/h4,6-7,14,19H,3,5,8-11H2,1-2H3. The van der Waals surface area contributed by atoms with Crippen molar-refractivity contribution in [3.8, 4) is 0 Å². The van der Waals surface area contributed by atoms with Gasteiger partial charge in [-0.1, -0.05) is 13.0 Å². The first kappa shape index (κ1) is 15.4. The van der Waals surface area contributed by atoms with Crippen molar-refractivity contribution in [2.75, 3.05) is 13.7 Å². The fraction of sp³-hybridized carbons (Fsp3) is 0.625. The van der Waals surface area contributed by atoms with E-state index in [0.717, 1.165) is 32.2 Å². The molecule has 1 saturated carbocycles. The Hall–Kier alpha value is -1.00. The average molecular weight is 283 g/mol. The highest BCUT2D eigenvalue weighted by molar-refractivity contribution is 5.24. The van der Waals surface area contributed by atoms with Gasteiger partial charge in [-0.25, -0.2) is 8.78 Å². The lowest BCUT2D eigenvalue weighted by Gasteiger charge is -2.43. The Morgan fingerprint density at radius 2 is 1.95 bits per heavy atom. The van der Waals surface area contributed by atoms with E-state index in [4.69, 9.17) is 4.74 Å². The molecule has 1 aliphatic carbocycles. The summed E-state index contributed by atoms with van der Waals surface area (Å²) in [5, 5.41) is 3.27. The van der Waals surface area contributed by atoms with Crippen LogP contribution in [-0.4, -0.2) is 19.3 Å². The molecular formula is C16H23F2NO. The van der Waals surface area contributed by atoms with E-state index in [1.54, 1.807) is 7.11 Å². The summed E-state index contributed by atoms with van der Waals surface area (Å²) in [6, 6.07) is 3.70. The fourth-order valence-corrected chi connectivity index (χ4v) is 2.87. The van der Waals surface area contributed by atoms with E-state index in [0.29, 0.717) is 6.42 Å². The molecule has 1 atom stereocenters. The molecule has 2 nitrogen and oxygen atoms in total. The Morgan fingerprint density at radius 3 is 2.40 bits per heavy atom. The average Bonchev–Trinajstić information content (AvgIpc) is 2.39. The molecule has 0 bridgehead atoms. The Morgan fingerprint density at radius 1 is 1.30 bits per heavy atom. The van der Waals surface area contributed by atoms with E-state index < -0.39 is 11.6 Å². The highest BCUT2D eigenvalue weighted by Gasteiger charge is 2.40. The summed E-state index contributed by atoms with van der Waals surface area (Å²) in [6.07, 6.45) is 4.58. The summed E-state index contributed by atoms with van der Waals surface area (Å²) in [6.45, 7) is 2.77. The lowest BCUT2D eigenvalue weighted by atomic mass is 9.74. The zero-order chi connectivity index (χ0) is 14.6. The van der Waals surface area contributed by atoms with Crippen LogP contribution in [-0.2, 0) is 4.74 Å². The van der Waals surface area contributed by atoms with Gasteiger partial charge in [-0.15, -0.1) is 0 Å². The minimum Gasteiger partial charge on any atom is -0.378 e. The third kappa shape index (κ3) is 3.18. The molecule has 1 fully saturated rings. The van der Waals surface area contributed by atoms with Gasteiger partial charge in [0, 0.05) is 18.7 Å². The molecule has 1 aromatic rings. The Balaban J connectivity index is 2.22. The summed E-state index contributed by atoms with van der Waals surface area (Å²) in [5.74, 6) is -0.964. The molecule has 0 radical (unpaired) electrons. The van der Waals surface area contributed by atoms with Gasteiger partial charge >= 0.3 is 0 Å². The predicted molar refractivity (Wildman–Crippen MR) is 75.6 cm³/mol. The zero-order valence-electron chi connectivity index (χ0n) is 12.2. The van der Waals surface area contributed by atoms with Crippen LogP contribution < -0.4 is 5.32 Å². The highest BCUT2D eigenvalue weighted by atomic mass is 19.1. The van der Waals surface area contributed by atoms with Crippen molar-refractivity contribution in [2.24, 2.45) is 0 Å². The molecule has 0 spiro atoms. The minimum absolute atomic E-state index is 0.143. The summed E-state index contributed by atoms with van der Waals surface area (Å²) >= 11 is 0. The largest absolute Gasteiger partial charge is 0.378 e. The van der Waals surface area contributed by atoms with E-state index in [1.165, 1.54) is 18.2 Å². The predicted octanol–water partition coefficient (Wildman–Crippen LogP) is 3.96.